The van der Waals surface area contributed by atoms with Crippen LogP contribution < -0.4 is 0 Å². The van der Waals surface area contributed by atoms with Crippen LogP contribution in [0.1, 0.15) is 27.2 Å². The number of esters is 2. The van der Waals surface area contributed by atoms with Crippen molar-refractivity contribution in [3.05, 3.63) is 0 Å². The van der Waals surface area contributed by atoms with Crippen LogP contribution in [-0.4, -0.2) is 30.9 Å². The maximum atomic E-state index is 10.7. The highest BCUT2D eigenvalue weighted by molar-refractivity contribution is 5.66. The Kier molecular flexibility index (Phi) is 4.08. The van der Waals surface area contributed by atoms with Gasteiger partial charge in [-0.1, -0.05) is 6.92 Å². The van der Waals surface area contributed by atoms with Crippen molar-refractivity contribution in [1.29, 1.82) is 0 Å². The Balaban J connectivity index is 2.35. The SMILES string of the molecule is CC(=O)OCC1O[C@@H](OC(C)=O)C[C@@H]1C. The molecular formula is C10H16O5. The fraction of sp³-hybridized carbons (Fsp3) is 0.800. The first-order valence-electron chi connectivity index (χ1n) is 4.95. The van der Waals surface area contributed by atoms with Gasteiger partial charge in [0.2, 0.25) is 6.29 Å². The molecule has 0 spiro atoms. The summed E-state index contributed by atoms with van der Waals surface area (Å²) in [5.74, 6) is -0.476. The van der Waals surface area contributed by atoms with Crippen molar-refractivity contribution in [2.24, 2.45) is 5.92 Å². The standard InChI is InChI=1S/C10H16O5/c1-6-4-10(14-8(3)12)15-9(6)5-13-7(2)11/h6,9-10H,4-5H2,1-3H3/t6-,9?,10+/m0/s1. The monoisotopic (exact) mass is 216 g/mol. The zero-order valence-electron chi connectivity index (χ0n) is 9.19. The smallest absolute Gasteiger partial charge is 0.304 e. The third-order valence-corrected chi connectivity index (χ3v) is 2.27. The van der Waals surface area contributed by atoms with E-state index in [4.69, 9.17) is 14.2 Å². The molecular weight excluding hydrogens is 200 g/mol. The zero-order valence-corrected chi connectivity index (χ0v) is 9.19. The van der Waals surface area contributed by atoms with Gasteiger partial charge >= 0.3 is 11.9 Å². The van der Waals surface area contributed by atoms with Gasteiger partial charge in [-0.15, -0.1) is 0 Å². The molecule has 3 atom stereocenters. The number of rotatable bonds is 3. The quantitative estimate of drug-likeness (QED) is 0.655. The van der Waals surface area contributed by atoms with Crippen molar-refractivity contribution in [3.63, 3.8) is 0 Å². The number of hydrogen-bond donors (Lipinski definition) is 0. The molecule has 0 aliphatic carbocycles. The molecule has 1 fully saturated rings. The largest absolute Gasteiger partial charge is 0.463 e. The fourth-order valence-electron chi connectivity index (χ4n) is 1.50. The van der Waals surface area contributed by atoms with E-state index in [0.717, 1.165) is 0 Å². The molecule has 0 amide bonds. The van der Waals surface area contributed by atoms with Crippen LogP contribution in [0.3, 0.4) is 0 Å². The van der Waals surface area contributed by atoms with Gasteiger partial charge < -0.3 is 14.2 Å². The lowest BCUT2D eigenvalue weighted by Gasteiger charge is -2.14. The number of ether oxygens (including phenoxy) is 3. The molecule has 0 bridgehead atoms. The van der Waals surface area contributed by atoms with Crippen LogP contribution in [0.5, 0.6) is 0 Å². The minimum absolute atomic E-state index is 0.182. The summed E-state index contributed by atoms with van der Waals surface area (Å²) in [4.78, 5) is 21.3. The maximum absolute atomic E-state index is 10.7. The van der Waals surface area contributed by atoms with E-state index < -0.39 is 6.29 Å². The Morgan fingerprint density at radius 2 is 2.00 bits per heavy atom. The summed E-state index contributed by atoms with van der Waals surface area (Å²) in [6.45, 7) is 4.88. The Bertz CT molecular complexity index is 250. The third-order valence-electron chi connectivity index (χ3n) is 2.27. The highest BCUT2D eigenvalue weighted by atomic mass is 16.7. The van der Waals surface area contributed by atoms with E-state index in [1.807, 2.05) is 6.92 Å². The third kappa shape index (κ3) is 3.87. The van der Waals surface area contributed by atoms with Crippen LogP contribution in [0.4, 0.5) is 0 Å². The molecule has 15 heavy (non-hydrogen) atoms. The molecule has 0 aromatic rings. The summed E-state index contributed by atoms with van der Waals surface area (Å²) in [7, 11) is 0. The van der Waals surface area contributed by atoms with E-state index >= 15 is 0 Å². The molecule has 1 unspecified atom stereocenters. The van der Waals surface area contributed by atoms with E-state index in [2.05, 4.69) is 0 Å². The Hall–Kier alpha value is -1.10. The fourth-order valence-corrected chi connectivity index (χ4v) is 1.50. The predicted octanol–water partition coefficient (Wildman–Crippen LogP) is 0.864. The van der Waals surface area contributed by atoms with Gasteiger partial charge in [-0.2, -0.15) is 0 Å². The summed E-state index contributed by atoms with van der Waals surface area (Å²) >= 11 is 0. The molecule has 1 aliphatic rings. The molecule has 0 aromatic carbocycles. The summed E-state index contributed by atoms with van der Waals surface area (Å²) < 4.78 is 15.2. The van der Waals surface area contributed by atoms with Crippen molar-refractivity contribution in [2.75, 3.05) is 6.61 Å². The van der Waals surface area contributed by atoms with Crippen molar-refractivity contribution in [2.45, 2.75) is 39.6 Å². The Labute approximate surface area is 88.7 Å². The van der Waals surface area contributed by atoms with E-state index in [9.17, 15) is 9.59 Å². The van der Waals surface area contributed by atoms with Crippen molar-refractivity contribution < 1.29 is 23.8 Å². The second kappa shape index (κ2) is 5.11. The van der Waals surface area contributed by atoms with Gasteiger partial charge in [-0.3, -0.25) is 9.59 Å². The highest BCUT2D eigenvalue weighted by Gasteiger charge is 2.34. The van der Waals surface area contributed by atoms with Crippen LogP contribution in [0.2, 0.25) is 0 Å². The molecule has 1 rings (SSSR count). The zero-order chi connectivity index (χ0) is 11.4. The number of hydrogen-bond acceptors (Lipinski definition) is 5. The molecule has 0 saturated carbocycles. The molecule has 86 valence electrons. The van der Waals surface area contributed by atoms with Gasteiger partial charge in [0, 0.05) is 20.3 Å². The topological polar surface area (TPSA) is 61.8 Å². The summed E-state index contributed by atoms with van der Waals surface area (Å²) in [6.07, 6.45) is -0.0396. The first-order valence-corrected chi connectivity index (χ1v) is 4.95. The van der Waals surface area contributed by atoms with Crippen LogP contribution in [0.25, 0.3) is 0 Å². The average Bonchev–Trinajstić information content (AvgIpc) is 2.41. The molecule has 1 aliphatic heterocycles. The molecule has 0 aromatic heterocycles. The van der Waals surface area contributed by atoms with E-state index in [0.29, 0.717) is 6.42 Å². The summed E-state index contributed by atoms with van der Waals surface area (Å²) in [6, 6.07) is 0. The van der Waals surface area contributed by atoms with Gasteiger partial charge in [0.1, 0.15) is 6.61 Å². The van der Waals surface area contributed by atoms with Gasteiger partial charge in [0.25, 0.3) is 0 Å². The van der Waals surface area contributed by atoms with E-state index in [1.54, 1.807) is 0 Å². The average molecular weight is 216 g/mol. The molecule has 1 heterocycles. The number of carbonyl (C=O) groups excluding carboxylic acids is 2. The summed E-state index contributed by atoms with van der Waals surface area (Å²) in [5, 5.41) is 0. The highest BCUT2D eigenvalue weighted by Crippen LogP contribution is 2.27. The lowest BCUT2D eigenvalue weighted by molar-refractivity contribution is -0.178. The summed E-state index contributed by atoms with van der Waals surface area (Å²) in [5.41, 5.74) is 0. The van der Waals surface area contributed by atoms with Gasteiger partial charge in [0.05, 0.1) is 6.10 Å². The van der Waals surface area contributed by atoms with Gasteiger partial charge in [0.15, 0.2) is 0 Å². The maximum Gasteiger partial charge on any atom is 0.304 e. The van der Waals surface area contributed by atoms with Gasteiger partial charge in [-0.05, 0) is 5.92 Å². The second-order valence-electron chi connectivity index (χ2n) is 3.73. The van der Waals surface area contributed by atoms with Crippen molar-refractivity contribution in [3.8, 4) is 0 Å². The first kappa shape index (κ1) is 12.0. The van der Waals surface area contributed by atoms with Crippen LogP contribution >= 0.6 is 0 Å². The van der Waals surface area contributed by atoms with E-state index in [1.165, 1.54) is 13.8 Å². The molecule has 0 radical (unpaired) electrons. The lowest BCUT2D eigenvalue weighted by atomic mass is 10.0. The Morgan fingerprint density at radius 3 is 2.53 bits per heavy atom. The van der Waals surface area contributed by atoms with Gasteiger partial charge in [-0.25, -0.2) is 0 Å². The number of carbonyl (C=O) groups is 2. The molecule has 0 N–H and O–H groups in total. The minimum atomic E-state index is -0.502. The van der Waals surface area contributed by atoms with Crippen LogP contribution in [-0.2, 0) is 23.8 Å². The molecule has 5 heteroatoms. The molecule has 5 nitrogen and oxygen atoms in total. The first-order chi connectivity index (χ1) is 6.99. The normalized spacial score (nSPS) is 29.9. The minimum Gasteiger partial charge on any atom is -0.463 e. The second-order valence-corrected chi connectivity index (χ2v) is 3.73. The van der Waals surface area contributed by atoms with Crippen molar-refractivity contribution in [1.82, 2.24) is 0 Å². The van der Waals surface area contributed by atoms with E-state index in [-0.39, 0.29) is 30.6 Å². The predicted molar refractivity (Wildman–Crippen MR) is 50.8 cm³/mol. The van der Waals surface area contributed by atoms with Crippen LogP contribution in [0, 0.1) is 5.92 Å². The molecule has 1 saturated heterocycles. The lowest BCUT2D eigenvalue weighted by Crippen LogP contribution is -2.23. The van der Waals surface area contributed by atoms with Crippen molar-refractivity contribution >= 4 is 11.9 Å². The Morgan fingerprint density at radius 1 is 1.33 bits per heavy atom. The van der Waals surface area contributed by atoms with Crippen LogP contribution in [0.15, 0.2) is 0 Å².